The Hall–Kier alpha value is -1.18. The van der Waals surface area contributed by atoms with Crippen molar-refractivity contribution in [3.05, 3.63) is 33.9 Å². The molecule has 1 aromatic carbocycles. The van der Waals surface area contributed by atoms with Crippen LogP contribution in [-0.2, 0) is 6.61 Å². The monoisotopic (exact) mass is 314 g/mol. The molecule has 0 fully saturated rings. The van der Waals surface area contributed by atoms with Crippen LogP contribution in [0.4, 0.5) is 5.00 Å². The van der Waals surface area contributed by atoms with Crippen LogP contribution in [0, 0.1) is 6.92 Å². The molecule has 1 heterocycles. The van der Waals surface area contributed by atoms with Crippen LogP contribution < -0.4 is 16.0 Å². The first-order chi connectivity index (χ1) is 8.20. The number of aromatic nitrogens is 2. The predicted octanol–water partition coefficient (Wildman–Crippen LogP) is 2.47. The molecule has 1 aromatic heterocycles. The number of nitrogens with zero attached hydrogens (tertiary/aromatic N) is 2. The summed E-state index contributed by atoms with van der Waals surface area (Å²) in [5, 5.41) is 4.66. The van der Waals surface area contributed by atoms with E-state index in [1.165, 1.54) is 11.5 Å². The highest BCUT2D eigenvalue weighted by Gasteiger charge is 2.08. The molecule has 0 saturated carbocycles. The molecular formula is C10H11BrN4OS. The summed E-state index contributed by atoms with van der Waals surface area (Å²) in [6.45, 7) is 2.33. The van der Waals surface area contributed by atoms with Gasteiger partial charge in [0.2, 0.25) is 0 Å². The lowest BCUT2D eigenvalue weighted by Crippen LogP contribution is -2.08. The number of nitrogen functional groups attached to an aromatic ring is 1. The molecule has 2 rings (SSSR count). The van der Waals surface area contributed by atoms with Crippen LogP contribution in [0.2, 0.25) is 0 Å². The normalized spacial score (nSPS) is 10.3. The summed E-state index contributed by atoms with van der Waals surface area (Å²) < 4.78 is 10.5. The van der Waals surface area contributed by atoms with E-state index >= 15 is 0 Å². The van der Waals surface area contributed by atoms with Gasteiger partial charge in [-0.2, -0.15) is 0 Å². The number of ether oxygens (including phenoxy) is 1. The quantitative estimate of drug-likeness (QED) is 0.670. The van der Waals surface area contributed by atoms with Gasteiger partial charge in [0.15, 0.2) is 5.00 Å². The van der Waals surface area contributed by atoms with Crippen LogP contribution in [0.5, 0.6) is 5.75 Å². The van der Waals surface area contributed by atoms with Crippen molar-refractivity contribution in [3.8, 4) is 5.75 Å². The van der Waals surface area contributed by atoms with Crippen molar-refractivity contribution in [2.45, 2.75) is 13.5 Å². The SMILES string of the molecule is Cc1ccc(Br)cc1OCc1nnsc1NN. The van der Waals surface area contributed by atoms with Crippen LogP contribution in [0.1, 0.15) is 11.3 Å². The van der Waals surface area contributed by atoms with E-state index in [4.69, 9.17) is 10.6 Å². The summed E-state index contributed by atoms with van der Waals surface area (Å²) in [5.74, 6) is 6.15. The van der Waals surface area contributed by atoms with Gasteiger partial charge in [-0.1, -0.05) is 26.5 Å². The highest BCUT2D eigenvalue weighted by molar-refractivity contribution is 9.10. The minimum Gasteiger partial charge on any atom is -0.487 e. The number of nitrogens with two attached hydrogens (primary N) is 1. The van der Waals surface area contributed by atoms with Crippen molar-refractivity contribution in [2.75, 3.05) is 5.43 Å². The predicted molar refractivity (Wildman–Crippen MR) is 70.9 cm³/mol. The maximum Gasteiger partial charge on any atom is 0.150 e. The average Bonchev–Trinajstić information content (AvgIpc) is 2.77. The fourth-order valence-electron chi connectivity index (χ4n) is 1.29. The molecule has 90 valence electrons. The number of anilines is 1. The second-order valence-electron chi connectivity index (χ2n) is 3.39. The topological polar surface area (TPSA) is 73.1 Å². The highest BCUT2D eigenvalue weighted by atomic mass is 79.9. The number of rotatable bonds is 4. The van der Waals surface area contributed by atoms with Gasteiger partial charge in [-0.3, -0.25) is 0 Å². The molecule has 0 spiro atoms. The first-order valence-electron chi connectivity index (χ1n) is 4.87. The smallest absolute Gasteiger partial charge is 0.150 e. The maximum atomic E-state index is 5.68. The molecule has 0 radical (unpaired) electrons. The van der Waals surface area contributed by atoms with E-state index in [2.05, 4.69) is 30.9 Å². The minimum absolute atomic E-state index is 0.341. The zero-order valence-electron chi connectivity index (χ0n) is 9.11. The van der Waals surface area contributed by atoms with E-state index in [1.54, 1.807) is 0 Å². The number of aryl methyl sites for hydroxylation is 1. The first kappa shape index (κ1) is 12.3. The van der Waals surface area contributed by atoms with Crippen LogP contribution in [0.3, 0.4) is 0 Å². The van der Waals surface area contributed by atoms with Gasteiger partial charge in [-0.25, -0.2) is 5.84 Å². The van der Waals surface area contributed by atoms with Crippen molar-refractivity contribution in [1.29, 1.82) is 0 Å². The third-order valence-electron chi connectivity index (χ3n) is 2.20. The first-order valence-corrected chi connectivity index (χ1v) is 6.44. The lowest BCUT2D eigenvalue weighted by molar-refractivity contribution is 0.299. The van der Waals surface area contributed by atoms with Crippen molar-refractivity contribution < 1.29 is 4.74 Å². The second-order valence-corrected chi connectivity index (χ2v) is 5.06. The number of hydrogen-bond acceptors (Lipinski definition) is 6. The molecule has 2 aromatic rings. The molecule has 7 heteroatoms. The van der Waals surface area contributed by atoms with Gasteiger partial charge in [0, 0.05) is 16.0 Å². The van der Waals surface area contributed by atoms with E-state index < -0.39 is 0 Å². The number of hydrazine groups is 1. The molecule has 0 unspecified atom stereocenters. The Kier molecular flexibility index (Phi) is 3.93. The van der Waals surface area contributed by atoms with E-state index in [1.807, 2.05) is 25.1 Å². The van der Waals surface area contributed by atoms with Crippen molar-refractivity contribution >= 4 is 32.5 Å². The van der Waals surface area contributed by atoms with Gasteiger partial charge < -0.3 is 10.2 Å². The van der Waals surface area contributed by atoms with E-state index in [0.717, 1.165) is 20.8 Å². The molecule has 3 N–H and O–H groups in total. The Bertz CT molecular complexity index is 517. The summed E-state index contributed by atoms with van der Waals surface area (Å²) in [4.78, 5) is 0. The van der Waals surface area contributed by atoms with Gasteiger partial charge in [-0.15, -0.1) is 5.10 Å². The van der Waals surface area contributed by atoms with Crippen LogP contribution in [0.25, 0.3) is 0 Å². The van der Waals surface area contributed by atoms with E-state index in [0.29, 0.717) is 12.3 Å². The molecule has 5 nitrogen and oxygen atoms in total. The number of hydrogen-bond donors (Lipinski definition) is 2. The lowest BCUT2D eigenvalue weighted by Gasteiger charge is -2.08. The van der Waals surface area contributed by atoms with E-state index in [9.17, 15) is 0 Å². The Labute approximate surface area is 111 Å². The fraction of sp³-hybridized carbons (Fsp3) is 0.200. The molecule has 0 aliphatic heterocycles. The molecule has 0 aliphatic rings. The summed E-state index contributed by atoms with van der Waals surface area (Å²) in [6.07, 6.45) is 0. The molecule has 0 saturated heterocycles. The second kappa shape index (κ2) is 5.44. The van der Waals surface area contributed by atoms with E-state index in [-0.39, 0.29) is 0 Å². The van der Waals surface area contributed by atoms with Crippen molar-refractivity contribution in [3.63, 3.8) is 0 Å². The Balaban J connectivity index is 2.09. The highest BCUT2D eigenvalue weighted by Crippen LogP contribution is 2.25. The molecule has 0 amide bonds. The molecular weight excluding hydrogens is 304 g/mol. The third-order valence-corrected chi connectivity index (χ3v) is 3.39. The lowest BCUT2D eigenvalue weighted by atomic mass is 10.2. The van der Waals surface area contributed by atoms with Crippen molar-refractivity contribution in [2.24, 2.45) is 5.84 Å². The molecule has 17 heavy (non-hydrogen) atoms. The molecule has 0 atom stereocenters. The zero-order chi connectivity index (χ0) is 12.3. The largest absolute Gasteiger partial charge is 0.487 e. The number of benzene rings is 1. The zero-order valence-corrected chi connectivity index (χ0v) is 11.5. The Morgan fingerprint density at radius 1 is 1.53 bits per heavy atom. The summed E-state index contributed by atoms with van der Waals surface area (Å²) >= 11 is 4.61. The Morgan fingerprint density at radius 2 is 2.35 bits per heavy atom. The third kappa shape index (κ3) is 2.93. The van der Waals surface area contributed by atoms with Crippen LogP contribution in [-0.4, -0.2) is 9.59 Å². The van der Waals surface area contributed by atoms with Gasteiger partial charge in [0.25, 0.3) is 0 Å². The van der Waals surface area contributed by atoms with Gasteiger partial charge in [0.1, 0.15) is 18.1 Å². The summed E-state index contributed by atoms with van der Waals surface area (Å²) in [7, 11) is 0. The standard InChI is InChI=1S/C10H11BrN4OS/c1-6-2-3-7(11)4-9(6)16-5-8-10(13-12)17-15-14-8/h2-4,13H,5,12H2,1H3. The maximum absolute atomic E-state index is 5.68. The summed E-state index contributed by atoms with van der Waals surface area (Å²) in [6, 6.07) is 5.88. The molecule has 0 bridgehead atoms. The van der Waals surface area contributed by atoms with Crippen LogP contribution in [0.15, 0.2) is 22.7 Å². The minimum atomic E-state index is 0.341. The fourth-order valence-corrected chi connectivity index (χ4v) is 2.11. The molecule has 0 aliphatic carbocycles. The Morgan fingerprint density at radius 3 is 3.12 bits per heavy atom. The van der Waals surface area contributed by atoms with Gasteiger partial charge in [0.05, 0.1) is 0 Å². The number of halogens is 1. The average molecular weight is 315 g/mol. The van der Waals surface area contributed by atoms with Gasteiger partial charge >= 0.3 is 0 Å². The van der Waals surface area contributed by atoms with Gasteiger partial charge in [-0.05, 0) is 24.6 Å². The number of nitrogens with one attached hydrogen (secondary N) is 1. The summed E-state index contributed by atoms with van der Waals surface area (Å²) in [5.41, 5.74) is 4.32. The van der Waals surface area contributed by atoms with Crippen molar-refractivity contribution in [1.82, 2.24) is 9.59 Å². The van der Waals surface area contributed by atoms with Crippen LogP contribution >= 0.6 is 27.5 Å².